The molecule has 1 aliphatic rings. The van der Waals surface area contributed by atoms with Crippen molar-refractivity contribution < 1.29 is 14.3 Å². The van der Waals surface area contributed by atoms with Gasteiger partial charge in [-0.1, -0.05) is 47.2 Å². The number of anilines is 2. The van der Waals surface area contributed by atoms with Gasteiger partial charge in [0.2, 0.25) is 16.9 Å². The van der Waals surface area contributed by atoms with Crippen molar-refractivity contribution in [3.63, 3.8) is 0 Å². The van der Waals surface area contributed by atoms with Crippen LogP contribution in [0.2, 0.25) is 5.02 Å². The van der Waals surface area contributed by atoms with Crippen molar-refractivity contribution in [2.75, 3.05) is 16.8 Å². The van der Waals surface area contributed by atoms with Crippen LogP contribution in [0.15, 0.2) is 54.6 Å². The molecular weight excluding hydrogens is 412 g/mol. The molecular formula is C20H17ClN4O3S. The number of para-hydroxylation sites is 1. The molecule has 7 nitrogen and oxygen atoms in total. The summed E-state index contributed by atoms with van der Waals surface area (Å²) in [6, 6.07) is 16.4. The van der Waals surface area contributed by atoms with Crippen molar-refractivity contribution in [1.29, 1.82) is 0 Å². The quantitative estimate of drug-likeness (QED) is 0.646. The van der Waals surface area contributed by atoms with Crippen LogP contribution in [0.25, 0.3) is 0 Å². The molecule has 2 aromatic carbocycles. The fraction of sp³-hybridized carbons (Fsp3) is 0.200. The summed E-state index contributed by atoms with van der Waals surface area (Å²) in [5.41, 5.74) is 0.689. The van der Waals surface area contributed by atoms with E-state index < -0.39 is 5.92 Å². The lowest BCUT2D eigenvalue weighted by Gasteiger charge is -2.16. The first kappa shape index (κ1) is 19.4. The van der Waals surface area contributed by atoms with Crippen LogP contribution < -0.4 is 15.0 Å². The second kappa shape index (κ2) is 8.59. The van der Waals surface area contributed by atoms with E-state index in [0.717, 1.165) is 5.75 Å². The number of carbonyl (C=O) groups is 2. The van der Waals surface area contributed by atoms with Gasteiger partial charge in [0, 0.05) is 23.7 Å². The Labute approximate surface area is 176 Å². The largest absolute Gasteiger partial charge is 0.486 e. The molecule has 2 heterocycles. The Morgan fingerprint density at radius 1 is 1.21 bits per heavy atom. The molecule has 29 heavy (non-hydrogen) atoms. The summed E-state index contributed by atoms with van der Waals surface area (Å²) in [4.78, 5) is 26.5. The maximum absolute atomic E-state index is 12.6. The van der Waals surface area contributed by atoms with Crippen LogP contribution in [-0.4, -0.2) is 28.6 Å². The van der Waals surface area contributed by atoms with Gasteiger partial charge in [0.05, 0.1) is 5.92 Å². The van der Waals surface area contributed by atoms with E-state index in [1.807, 2.05) is 30.3 Å². The molecule has 0 spiro atoms. The fourth-order valence-electron chi connectivity index (χ4n) is 3.01. The monoisotopic (exact) mass is 428 g/mol. The SMILES string of the molecule is O=C(Nc1nnc(COc2ccccc2)s1)[C@H]1CC(=O)N(c2cccc(Cl)c2)C1. The first-order valence-electron chi connectivity index (χ1n) is 8.95. The van der Waals surface area contributed by atoms with Gasteiger partial charge < -0.3 is 15.0 Å². The van der Waals surface area contributed by atoms with Gasteiger partial charge in [-0.05, 0) is 30.3 Å². The van der Waals surface area contributed by atoms with E-state index in [-0.39, 0.29) is 24.8 Å². The van der Waals surface area contributed by atoms with Crippen LogP contribution in [0.3, 0.4) is 0 Å². The molecule has 1 aromatic heterocycles. The molecule has 2 amide bonds. The van der Waals surface area contributed by atoms with E-state index in [0.29, 0.717) is 27.4 Å². The number of aromatic nitrogens is 2. The Bertz CT molecular complexity index is 1030. The second-order valence-electron chi connectivity index (χ2n) is 6.48. The molecule has 1 N–H and O–H groups in total. The number of nitrogens with zero attached hydrogens (tertiary/aromatic N) is 3. The zero-order chi connectivity index (χ0) is 20.2. The third-order valence-corrected chi connectivity index (χ3v) is 5.47. The summed E-state index contributed by atoms with van der Waals surface area (Å²) in [7, 11) is 0. The summed E-state index contributed by atoms with van der Waals surface area (Å²) < 4.78 is 5.63. The molecule has 148 valence electrons. The number of ether oxygens (including phenoxy) is 1. The molecule has 1 fully saturated rings. The Hall–Kier alpha value is -2.97. The molecule has 3 aromatic rings. The van der Waals surface area contributed by atoms with Gasteiger partial charge in [-0.25, -0.2) is 0 Å². The van der Waals surface area contributed by atoms with Crippen molar-refractivity contribution in [1.82, 2.24) is 10.2 Å². The van der Waals surface area contributed by atoms with Gasteiger partial charge in [0.25, 0.3) is 0 Å². The minimum atomic E-state index is -0.464. The van der Waals surface area contributed by atoms with E-state index in [1.165, 1.54) is 11.3 Å². The predicted molar refractivity (Wildman–Crippen MR) is 111 cm³/mol. The Balaban J connectivity index is 1.34. The van der Waals surface area contributed by atoms with Gasteiger partial charge >= 0.3 is 0 Å². The molecule has 0 aliphatic carbocycles. The van der Waals surface area contributed by atoms with Crippen molar-refractivity contribution in [3.05, 3.63) is 64.6 Å². The summed E-state index contributed by atoms with van der Waals surface area (Å²) in [6.45, 7) is 0.565. The molecule has 0 bridgehead atoms. The van der Waals surface area contributed by atoms with Crippen LogP contribution in [0.5, 0.6) is 5.75 Å². The number of carbonyl (C=O) groups excluding carboxylic acids is 2. The number of benzene rings is 2. The molecule has 1 atom stereocenters. The van der Waals surface area contributed by atoms with E-state index in [9.17, 15) is 9.59 Å². The summed E-state index contributed by atoms with van der Waals surface area (Å²) in [5.74, 6) is -0.0931. The maximum Gasteiger partial charge on any atom is 0.231 e. The second-order valence-corrected chi connectivity index (χ2v) is 7.98. The zero-order valence-electron chi connectivity index (χ0n) is 15.2. The number of hydrogen-bond acceptors (Lipinski definition) is 6. The number of amides is 2. The van der Waals surface area contributed by atoms with Gasteiger partial charge in [-0.3, -0.25) is 9.59 Å². The molecule has 0 radical (unpaired) electrons. The van der Waals surface area contributed by atoms with Crippen LogP contribution in [0.1, 0.15) is 11.4 Å². The van der Waals surface area contributed by atoms with E-state index >= 15 is 0 Å². The lowest BCUT2D eigenvalue weighted by atomic mass is 10.1. The lowest BCUT2D eigenvalue weighted by molar-refractivity contribution is -0.122. The highest BCUT2D eigenvalue weighted by Gasteiger charge is 2.35. The normalized spacial score (nSPS) is 16.1. The van der Waals surface area contributed by atoms with Gasteiger partial charge in [-0.15, -0.1) is 10.2 Å². The standard InChI is InChI=1S/C20H17ClN4O3S/c21-14-5-4-6-15(10-14)25-11-13(9-18(25)26)19(27)22-20-24-23-17(29-20)12-28-16-7-2-1-3-8-16/h1-8,10,13H,9,11-12H2,(H,22,24,27)/t13-/m0/s1. The van der Waals surface area contributed by atoms with Crippen LogP contribution in [0.4, 0.5) is 10.8 Å². The Morgan fingerprint density at radius 2 is 2.03 bits per heavy atom. The third-order valence-electron chi connectivity index (χ3n) is 4.42. The molecule has 1 saturated heterocycles. The van der Waals surface area contributed by atoms with E-state index in [4.69, 9.17) is 16.3 Å². The van der Waals surface area contributed by atoms with Crippen molar-refractivity contribution >= 4 is 45.6 Å². The number of nitrogens with one attached hydrogen (secondary N) is 1. The molecule has 0 saturated carbocycles. The predicted octanol–water partition coefficient (Wildman–Crippen LogP) is 3.76. The average molecular weight is 429 g/mol. The smallest absolute Gasteiger partial charge is 0.231 e. The van der Waals surface area contributed by atoms with Crippen LogP contribution in [0, 0.1) is 5.92 Å². The van der Waals surface area contributed by atoms with Crippen molar-refractivity contribution in [3.8, 4) is 5.75 Å². The number of hydrogen-bond donors (Lipinski definition) is 1. The minimum Gasteiger partial charge on any atom is -0.486 e. The first-order valence-corrected chi connectivity index (χ1v) is 10.1. The topological polar surface area (TPSA) is 84.4 Å². The van der Waals surface area contributed by atoms with Crippen molar-refractivity contribution in [2.24, 2.45) is 5.92 Å². The Kier molecular flexibility index (Phi) is 5.73. The van der Waals surface area contributed by atoms with Gasteiger partial charge in [0.15, 0.2) is 5.01 Å². The van der Waals surface area contributed by atoms with E-state index in [1.54, 1.807) is 29.2 Å². The average Bonchev–Trinajstić information content (AvgIpc) is 3.33. The molecule has 0 unspecified atom stereocenters. The number of rotatable bonds is 6. The fourth-order valence-corrected chi connectivity index (χ4v) is 3.85. The number of halogens is 1. The highest BCUT2D eigenvalue weighted by molar-refractivity contribution is 7.15. The van der Waals surface area contributed by atoms with Gasteiger partial charge in [-0.2, -0.15) is 0 Å². The zero-order valence-corrected chi connectivity index (χ0v) is 16.8. The highest BCUT2D eigenvalue weighted by Crippen LogP contribution is 2.28. The molecule has 4 rings (SSSR count). The van der Waals surface area contributed by atoms with Gasteiger partial charge in [0.1, 0.15) is 12.4 Å². The summed E-state index contributed by atoms with van der Waals surface area (Å²) in [5, 5.41) is 12.3. The minimum absolute atomic E-state index is 0.110. The van der Waals surface area contributed by atoms with Crippen LogP contribution >= 0.6 is 22.9 Å². The molecule has 1 aliphatic heterocycles. The van der Waals surface area contributed by atoms with Crippen LogP contribution in [-0.2, 0) is 16.2 Å². The van der Waals surface area contributed by atoms with Crippen molar-refractivity contribution in [2.45, 2.75) is 13.0 Å². The first-order chi connectivity index (χ1) is 14.1. The van der Waals surface area contributed by atoms with E-state index in [2.05, 4.69) is 15.5 Å². The summed E-state index contributed by atoms with van der Waals surface area (Å²) >= 11 is 7.25. The lowest BCUT2D eigenvalue weighted by Crippen LogP contribution is -2.28. The summed E-state index contributed by atoms with van der Waals surface area (Å²) in [6.07, 6.45) is 0.140. The molecule has 9 heteroatoms. The Morgan fingerprint density at radius 3 is 2.83 bits per heavy atom. The maximum atomic E-state index is 12.6. The highest BCUT2D eigenvalue weighted by atomic mass is 35.5. The third kappa shape index (κ3) is 4.72.